The van der Waals surface area contributed by atoms with Crippen LogP contribution in [0, 0.1) is 6.85 Å². The summed E-state index contributed by atoms with van der Waals surface area (Å²) in [5.74, 6) is -0.246. The first-order valence-electron chi connectivity index (χ1n) is 4.67. The molecule has 0 bridgehead atoms. The van der Waals surface area contributed by atoms with Crippen LogP contribution in [0.25, 0.3) is 0 Å². The first-order valence-corrected chi connectivity index (χ1v) is 2.97. The third-order valence-electron chi connectivity index (χ3n) is 0.747. The highest BCUT2D eigenvalue weighted by Gasteiger charge is 1.92. The summed E-state index contributed by atoms with van der Waals surface area (Å²) in [6.45, 7) is -2.47. The van der Waals surface area contributed by atoms with Crippen molar-refractivity contribution in [3.05, 3.63) is 22.3 Å². The summed E-state index contributed by atoms with van der Waals surface area (Å²) in [5, 5.41) is 0. The highest BCUT2D eigenvalue weighted by Crippen LogP contribution is 2.14. The average Bonchev–Trinajstić information content (AvgIpc) is 1.98. The Balaban J connectivity index is 3.56. The van der Waals surface area contributed by atoms with E-state index in [2.05, 4.69) is 20.9 Å². The Kier molecular flexibility index (Phi) is 0.674. The second-order valence-corrected chi connectivity index (χ2v) is 2.22. The van der Waals surface area contributed by atoms with Gasteiger partial charge in [-0.25, -0.2) is 4.98 Å². The first-order chi connectivity index (χ1) is 6.25. The van der Waals surface area contributed by atoms with E-state index >= 15 is 0 Å². The molecule has 0 aliphatic heterocycles. The number of hydrogen-bond acceptors (Lipinski definition) is 2. The van der Waals surface area contributed by atoms with Gasteiger partial charge in [0.25, 0.3) is 0 Å². The summed E-state index contributed by atoms with van der Waals surface area (Å²) in [6, 6.07) is -0.354. The molecule has 0 saturated heterocycles. The summed E-state index contributed by atoms with van der Waals surface area (Å²) in [7, 11) is 0. The number of rotatable bonds is 0. The molecule has 2 nitrogen and oxygen atoms in total. The Morgan fingerprint density at radius 2 is 2.78 bits per heavy atom. The van der Waals surface area contributed by atoms with Crippen molar-refractivity contribution in [1.82, 2.24) is 4.98 Å². The lowest BCUT2D eigenvalue weighted by atomic mass is 10.3. The van der Waals surface area contributed by atoms with Crippen molar-refractivity contribution in [1.29, 1.82) is 0 Å². The van der Waals surface area contributed by atoms with E-state index in [0.717, 1.165) is 0 Å². The van der Waals surface area contributed by atoms with Gasteiger partial charge in [-0.05, 0) is 34.4 Å². The molecule has 2 N–H and O–H groups in total. The lowest BCUT2D eigenvalue weighted by Crippen LogP contribution is -1.89. The molecule has 0 spiro atoms. The molecule has 0 fully saturated rings. The summed E-state index contributed by atoms with van der Waals surface area (Å²) in [6.07, 6.45) is -0.273. The number of pyridine rings is 1. The number of nitrogens with two attached hydrogens (primary N) is 1. The summed E-state index contributed by atoms with van der Waals surface area (Å²) in [4.78, 5) is 3.51. The van der Waals surface area contributed by atoms with E-state index in [0.29, 0.717) is 0 Å². The maximum Gasteiger partial charge on any atom is 0.123 e. The molecule has 1 rings (SSSR count). The molecule has 0 saturated carbocycles. The van der Waals surface area contributed by atoms with Crippen molar-refractivity contribution in [2.45, 2.75) is 6.85 Å². The predicted octanol–water partition coefficient (Wildman–Crippen LogP) is 1.73. The average molecular weight is 192 g/mol. The summed E-state index contributed by atoms with van der Waals surface area (Å²) >= 11 is 2.92. The monoisotopic (exact) mass is 191 g/mol. The van der Waals surface area contributed by atoms with Gasteiger partial charge >= 0.3 is 0 Å². The molecule has 0 unspecified atom stereocenters. The minimum atomic E-state index is -2.47. The molecule has 0 aliphatic carbocycles. The van der Waals surface area contributed by atoms with E-state index in [9.17, 15) is 0 Å². The van der Waals surface area contributed by atoms with Gasteiger partial charge in [0.15, 0.2) is 0 Å². The van der Waals surface area contributed by atoms with Crippen LogP contribution in [-0.2, 0) is 0 Å². The van der Waals surface area contributed by atoms with Crippen LogP contribution in [0.1, 0.15) is 12.4 Å². The highest BCUT2D eigenvalue weighted by atomic mass is 79.9. The van der Waals surface area contributed by atoms with Gasteiger partial charge in [-0.1, -0.05) is 0 Å². The van der Waals surface area contributed by atoms with Crippen molar-refractivity contribution < 1.29 is 6.85 Å². The van der Waals surface area contributed by atoms with Crippen LogP contribution in [0.3, 0.4) is 0 Å². The molecule has 0 radical (unpaired) electrons. The SMILES string of the molecule is [2H]c1nc(N)c([2H])c(C([2H])([2H])[2H])c1Br. The highest BCUT2D eigenvalue weighted by molar-refractivity contribution is 9.10. The van der Waals surface area contributed by atoms with Crippen LogP contribution in [0.4, 0.5) is 5.82 Å². The number of hydrogen-bond donors (Lipinski definition) is 1. The molecule has 0 amide bonds. The predicted molar refractivity (Wildman–Crippen MR) is 41.1 cm³/mol. The third-order valence-corrected chi connectivity index (χ3v) is 1.32. The fraction of sp³-hybridized carbons (Fsp3) is 0.167. The first kappa shape index (κ1) is 2.58. The maximum absolute atomic E-state index is 7.43. The lowest BCUT2D eigenvalue weighted by molar-refractivity contribution is 1.27. The van der Waals surface area contributed by atoms with Crippen LogP contribution in [0.5, 0.6) is 0 Å². The van der Waals surface area contributed by atoms with Gasteiger partial charge in [0.2, 0.25) is 0 Å². The Morgan fingerprint density at radius 1 is 2.00 bits per heavy atom. The van der Waals surface area contributed by atoms with E-state index < -0.39 is 6.85 Å². The Morgan fingerprint density at radius 3 is 3.44 bits per heavy atom. The Labute approximate surface area is 69.2 Å². The van der Waals surface area contributed by atoms with E-state index in [-0.39, 0.29) is 28.1 Å². The number of halogens is 1. The van der Waals surface area contributed by atoms with E-state index in [1.807, 2.05) is 0 Å². The van der Waals surface area contributed by atoms with Gasteiger partial charge < -0.3 is 5.73 Å². The van der Waals surface area contributed by atoms with Crippen LogP contribution in [0.15, 0.2) is 16.7 Å². The molecular formula is C6H7BrN2. The second-order valence-electron chi connectivity index (χ2n) is 1.42. The maximum atomic E-state index is 7.43. The molecule has 1 aromatic rings. The molecule has 1 aromatic heterocycles. The smallest absolute Gasteiger partial charge is 0.123 e. The van der Waals surface area contributed by atoms with Crippen LogP contribution in [-0.4, -0.2) is 4.98 Å². The van der Waals surface area contributed by atoms with Gasteiger partial charge in [-0.15, -0.1) is 0 Å². The summed E-state index contributed by atoms with van der Waals surface area (Å²) < 4.78 is 36.2. The van der Waals surface area contributed by atoms with Crippen molar-refractivity contribution >= 4 is 21.7 Å². The molecule has 0 aliphatic rings. The van der Waals surface area contributed by atoms with E-state index in [1.54, 1.807) is 0 Å². The van der Waals surface area contributed by atoms with Crippen LogP contribution >= 0.6 is 15.9 Å². The van der Waals surface area contributed by atoms with Crippen LogP contribution < -0.4 is 5.73 Å². The largest absolute Gasteiger partial charge is 0.384 e. The molecule has 3 heteroatoms. The number of anilines is 1. The van der Waals surface area contributed by atoms with Gasteiger partial charge in [-0.3, -0.25) is 0 Å². The zero-order chi connectivity index (χ0) is 11.1. The number of aromatic nitrogens is 1. The van der Waals surface area contributed by atoms with E-state index in [1.165, 1.54) is 0 Å². The van der Waals surface area contributed by atoms with Gasteiger partial charge in [0.1, 0.15) is 5.82 Å². The fourth-order valence-electron chi connectivity index (χ4n) is 0.376. The number of nitrogen functional groups attached to an aromatic ring is 1. The minimum Gasteiger partial charge on any atom is -0.384 e. The quantitative estimate of drug-likeness (QED) is 0.679. The zero-order valence-corrected chi connectivity index (χ0v) is 5.99. The van der Waals surface area contributed by atoms with Crippen molar-refractivity contribution in [3.8, 4) is 0 Å². The summed E-state index contributed by atoms with van der Waals surface area (Å²) in [5.41, 5.74) is 5.03. The molecule has 0 atom stereocenters. The van der Waals surface area contributed by atoms with E-state index in [4.69, 9.17) is 12.6 Å². The standard InChI is InChI=1S/C6H7BrN2/c1-4-2-6(8)9-3-5(4)7/h2-3H,1H3,(H2,8,9)/i1D3,2D,3D. The second kappa shape index (κ2) is 2.35. The third kappa shape index (κ3) is 1.42. The topological polar surface area (TPSA) is 38.9 Å². The van der Waals surface area contributed by atoms with Gasteiger partial charge in [-0.2, -0.15) is 0 Å². The fourth-order valence-corrected chi connectivity index (χ4v) is 0.564. The lowest BCUT2D eigenvalue weighted by Gasteiger charge is -1.95. The molecule has 9 heavy (non-hydrogen) atoms. The molecule has 48 valence electrons. The number of nitrogens with zero attached hydrogens (tertiary/aromatic N) is 1. The van der Waals surface area contributed by atoms with Crippen molar-refractivity contribution in [2.75, 3.05) is 5.73 Å². The van der Waals surface area contributed by atoms with Crippen LogP contribution in [0.2, 0.25) is 0 Å². The van der Waals surface area contributed by atoms with Gasteiger partial charge in [0.05, 0.1) is 2.74 Å². The molecular weight excluding hydrogens is 180 g/mol. The van der Waals surface area contributed by atoms with Crippen molar-refractivity contribution in [3.63, 3.8) is 0 Å². The minimum absolute atomic E-state index is 0.00306. The molecule has 1 heterocycles. The molecule has 0 aromatic carbocycles. The normalized spacial score (nSPS) is 19.0. The Bertz CT molecular complexity index is 349. The van der Waals surface area contributed by atoms with Crippen molar-refractivity contribution in [2.24, 2.45) is 0 Å². The van der Waals surface area contributed by atoms with Gasteiger partial charge in [0, 0.05) is 14.8 Å². The Hall–Kier alpha value is -0.570. The zero-order valence-electron chi connectivity index (χ0n) is 9.40.